The average molecular weight is 345 g/mol. The van der Waals surface area contributed by atoms with Crippen LogP contribution >= 0.6 is 0 Å². The summed E-state index contributed by atoms with van der Waals surface area (Å²) in [4.78, 5) is 31.1. The number of nitro groups is 1. The van der Waals surface area contributed by atoms with Gasteiger partial charge in [0.05, 0.1) is 23.3 Å². The summed E-state index contributed by atoms with van der Waals surface area (Å²) in [7, 11) is 3.21. The molecule has 0 saturated carbocycles. The Balaban J connectivity index is 1.82. The summed E-state index contributed by atoms with van der Waals surface area (Å²) in [6, 6.07) is 4.29. The Morgan fingerprint density at radius 2 is 1.92 bits per heavy atom. The van der Waals surface area contributed by atoms with Gasteiger partial charge < -0.3 is 19.1 Å². The van der Waals surface area contributed by atoms with Gasteiger partial charge >= 0.3 is 5.97 Å². The number of methoxy groups -OCH3 is 1. The van der Waals surface area contributed by atoms with Crippen LogP contribution in [0.5, 0.6) is 0 Å². The zero-order valence-corrected chi connectivity index (χ0v) is 14.1. The number of imidazole rings is 1. The molecule has 0 atom stereocenters. The molecular weight excluding hydrogens is 326 g/mol. The van der Waals surface area contributed by atoms with Crippen LogP contribution in [0.15, 0.2) is 30.6 Å². The van der Waals surface area contributed by atoms with E-state index in [2.05, 4.69) is 9.88 Å². The van der Waals surface area contributed by atoms with Gasteiger partial charge in [0.1, 0.15) is 0 Å². The number of anilines is 2. The quantitative estimate of drug-likeness (QED) is 0.470. The Hall–Kier alpha value is -3.10. The minimum atomic E-state index is -0.578. The smallest absolute Gasteiger partial charge is 0.340 e. The Morgan fingerprint density at radius 1 is 1.24 bits per heavy atom. The lowest BCUT2D eigenvalue weighted by Gasteiger charge is -2.37. The van der Waals surface area contributed by atoms with Crippen molar-refractivity contribution in [2.75, 3.05) is 43.1 Å². The number of nitrogens with zero attached hydrogens (tertiary/aromatic N) is 5. The van der Waals surface area contributed by atoms with Crippen molar-refractivity contribution in [2.45, 2.75) is 0 Å². The summed E-state index contributed by atoms with van der Waals surface area (Å²) < 4.78 is 6.75. The number of non-ortho nitro benzene ring substituents is 1. The standard InChI is InChI=1S/C16H19N5O4/c1-18-6-5-17-16(18)20-9-7-19(8-10-20)14-4-3-12(21(23)24)11-13(14)15(22)25-2/h3-6,11H,7-10H2,1-2H3. The number of hydrogen-bond acceptors (Lipinski definition) is 7. The van der Waals surface area contributed by atoms with Crippen molar-refractivity contribution in [1.82, 2.24) is 9.55 Å². The van der Waals surface area contributed by atoms with E-state index in [-0.39, 0.29) is 11.3 Å². The predicted molar refractivity (Wildman–Crippen MR) is 92.1 cm³/mol. The highest BCUT2D eigenvalue weighted by Gasteiger charge is 2.25. The van der Waals surface area contributed by atoms with Gasteiger partial charge in [-0.1, -0.05) is 0 Å². The van der Waals surface area contributed by atoms with Crippen molar-refractivity contribution in [3.63, 3.8) is 0 Å². The normalized spacial score (nSPS) is 14.5. The van der Waals surface area contributed by atoms with Gasteiger partial charge in [0, 0.05) is 57.8 Å². The number of esters is 1. The van der Waals surface area contributed by atoms with E-state index < -0.39 is 10.9 Å². The molecule has 1 aromatic carbocycles. The lowest BCUT2D eigenvalue weighted by molar-refractivity contribution is -0.384. The Morgan fingerprint density at radius 3 is 2.48 bits per heavy atom. The van der Waals surface area contributed by atoms with E-state index in [1.807, 2.05) is 22.7 Å². The number of aryl methyl sites for hydroxylation is 1. The molecule has 1 aromatic heterocycles. The molecule has 9 nitrogen and oxygen atoms in total. The summed E-state index contributed by atoms with van der Waals surface area (Å²) in [6.07, 6.45) is 3.65. The molecule has 2 heterocycles. The van der Waals surface area contributed by atoms with Crippen LogP contribution < -0.4 is 9.80 Å². The monoisotopic (exact) mass is 345 g/mol. The van der Waals surface area contributed by atoms with Crippen LogP contribution in [0.4, 0.5) is 17.3 Å². The number of carbonyl (C=O) groups excluding carboxylic acids is 1. The fraction of sp³-hybridized carbons (Fsp3) is 0.375. The fourth-order valence-corrected chi connectivity index (χ4v) is 3.00. The molecule has 2 aromatic rings. The molecule has 1 saturated heterocycles. The third-order valence-electron chi connectivity index (χ3n) is 4.30. The zero-order chi connectivity index (χ0) is 18.0. The molecule has 0 amide bonds. The fourth-order valence-electron chi connectivity index (χ4n) is 3.00. The minimum Gasteiger partial charge on any atom is -0.465 e. The largest absolute Gasteiger partial charge is 0.465 e. The molecule has 0 unspecified atom stereocenters. The van der Waals surface area contributed by atoms with Crippen LogP contribution in [0.25, 0.3) is 0 Å². The molecule has 0 N–H and O–H groups in total. The van der Waals surface area contributed by atoms with Gasteiger partial charge in [-0.15, -0.1) is 0 Å². The number of rotatable bonds is 4. The predicted octanol–water partition coefficient (Wildman–Crippen LogP) is 1.44. The van der Waals surface area contributed by atoms with Gasteiger partial charge in [-0.05, 0) is 6.07 Å². The van der Waals surface area contributed by atoms with E-state index >= 15 is 0 Å². The van der Waals surface area contributed by atoms with E-state index in [4.69, 9.17) is 4.74 Å². The second kappa shape index (κ2) is 6.80. The summed E-state index contributed by atoms with van der Waals surface area (Å²) in [5.74, 6) is 0.321. The maximum absolute atomic E-state index is 12.1. The molecule has 0 radical (unpaired) electrons. The highest BCUT2D eigenvalue weighted by atomic mass is 16.6. The minimum absolute atomic E-state index is 0.129. The van der Waals surface area contributed by atoms with Crippen molar-refractivity contribution >= 4 is 23.3 Å². The van der Waals surface area contributed by atoms with Crippen LogP contribution in [0.2, 0.25) is 0 Å². The maximum atomic E-state index is 12.1. The van der Waals surface area contributed by atoms with Crippen molar-refractivity contribution in [3.05, 3.63) is 46.3 Å². The second-order valence-electron chi connectivity index (χ2n) is 5.76. The molecule has 0 spiro atoms. The molecule has 0 bridgehead atoms. The van der Waals surface area contributed by atoms with E-state index in [1.165, 1.54) is 19.2 Å². The highest BCUT2D eigenvalue weighted by Crippen LogP contribution is 2.27. The van der Waals surface area contributed by atoms with E-state index in [9.17, 15) is 14.9 Å². The molecule has 1 fully saturated rings. The average Bonchev–Trinajstić information content (AvgIpc) is 3.06. The van der Waals surface area contributed by atoms with Gasteiger partial charge in [0.15, 0.2) is 0 Å². The molecule has 1 aliphatic rings. The van der Waals surface area contributed by atoms with Crippen molar-refractivity contribution in [1.29, 1.82) is 0 Å². The Bertz CT molecular complexity index is 796. The van der Waals surface area contributed by atoms with E-state index in [0.29, 0.717) is 18.8 Å². The maximum Gasteiger partial charge on any atom is 0.340 e. The topological polar surface area (TPSA) is 93.7 Å². The summed E-state index contributed by atoms with van der Waals surface area (Å²) in [6.45, 7) is 2.83. The van der Waals surface area contributed by atoms with E-state index in [0.717, 1.165) is 19.0 Å². The number of aromatic nitrogens is 2. The third kappa shape index (κ3) is 3.25. The van der Waals surface area contributed by atoms with Crippen molar-refractivity contribution in [3.8, 4) is 0 Å². The molecule has 25 heavy (non-hydrogen) atoms. The number of nitro benzene ring substituents is 1. The van der Waals surface area contributed by atoms with Gasteiger partial charge in [-0.2, -0.15) is 0 Å². The number of carbonyl (C=O) groups is 1. The molecule has 3 rings (SSSR count). The highest BCUT2D eigenvalue weighted by molar-refractivity contribution is 5.96. The lowest BCUT2D eigenvalue weighted by atomic mass is 10.1. The van der Waals surface area contributed by atoms with Gasteiger partial charge in [0.2, 0.25) is 5.95 Å². The van der Waals surface area contributed by atoms with Gasteiger partial charge in [-0.3, -0.25) is 10.1 Å². The van der Waals surface area contributed by atoms with Crippen LogP contribution in [-0.4, -0.2) is 53.7 Å². The number of ether oxygens (including phenoxy) is 1. The number of benzene rings is 1. The molecule has 9 heteroatoms. The third-order valence-corrected chi connectivity index (χ3v) is 4.30. The van der Waals surface area contributed by atoms with Crippen LogP contribution in [0, 0.1) is 10.1 Å². The van der Waals surface area contributed by atoms with Crippen molar-refractivity contribution < 1.29 is 14.5 Å². The van der Waals surface area contributed by atoms with Crippen LogP contribution in [0.3, 0.4) is 0 Å². The van der Waals surface area contributed by atoms with Gasteiger partial charge in [-0.25, -0.2) is 9.78 Å². The molecule has 0 aliphatic carbocycles. The summed E-state index contributed by atoms with van der Waals surface area (Å²) in [5.41, 5.74) is 0.731. The second-order valence-corrected chi connectivity index (χ2v) is 5.76. The first-order valence-corrected chi connectivity index (χ1v) is 7.85. The molecule has 132 valence electrons. The van der Waals surface area contributed by atoms with Gasteiger partial charge in [0.25, 0.3) is 5.69 Å². The Labute approximate surface area is 144 Å². The Kier molecular flexibility index (Phi) is 4.55. The first-order chi connectivity index (χ1) is 12.0. The van der Waals surface area contributed by atoms with Crippen molar-refractivity contribution in [2.24, 2.45) is 7.05 Å². The van der Waals surface area contributed by atoms with Crippen LogP contribution in [0.1, 0.15) is 10.4 Å². The number of piperazine rings is 1. The van der Waals surface area contributed by atoms with Crippen LogP contribution in [-0.2, 0) is 11.8 Å². The SMILES string of the molecule is COC(=O)c1cc([N+](=O)[O-])ccc1N1CCN(c2nccn2C)CC1. The zero-order valence-electron chi connectivity index (χ0n) is 14.1. The number of hydrogen-bond donors (Lipinski definition) is 0. The van der Waals surface area contributed by atoms with E-state index in [1.54, 1.807) is 12.3 Å². The molecule has 1 aliphatic heterocycles. The summed E-state index contributed by atoms with van der Waals surface area (Å²) in [5, 5.41) is 11.0. The first kappa shape index (κ1) is 16.7. The first-order valence-electron chi connectivity index (χ1n) is 7.85. The molecular formula is C16H19N5O4. The summed E-state index contributed by atoms with van der Waals surface area (Å²) >= 11 is 0. The lowest BCUT2D eigenvalue weighted by Crippen LogP contribution is -2.47.